The molecule has 17 heavy (non-hydrogen) atoms. The number of nitrogens with one attached hydrogen (secondary N) is 2. The number of thiazole rings is 1. The lowest BCUT2D eigenvalue weighted by atomic mass is 10.3. The highest BCUT2D eigenvalue weighted by molar-refractivity contribution is 7.13. The predicted octanol–water partition coefficient (Wildman–Crippen LogP) is 2.14. The van der Waals surface area contributed by atoms with Crippen LogP contribution in [0.1, 0.15) is 16.2 Å². The fourth-order valence-corrected chi connectivity index (χ4v) is 1.93. The van der Waals surface area contributed by atoms with Crippen molar-refractivity contribution in [1.29, 1.82) is 0 Å². The van der Waals surface area contributed by atoms with Gasteiger partial charge in [0.2, 0.25) is 0 Å². The van der Waals surface area contributed by atoms with Gasteiger partial charge in [-0.25, -0.2) is 9.97 Å². The molecule has 2 rings (SSSR count). The van der Waals surface area contributed by atoms with E-state index in [4.69, 9.17) is 0 Å². The first kappa shape index (κ1) is 11.5. The Morgan fingerprint density at radius 1 is 1.41 bits per heavy atom. The van der Waals surface area contributed by atoms with Crippen molar-refractivity contribution >= 4 is 28.1 Å². The maximum Gasteiger partial charge on any atom is 0.276 e. The van der Waals surface area contributed by atoms with Crippen LogP contribution in [0.3, 0.4) is 0 Å². The molecule has 0 saturated carbocycles. The zero-order valence-electron chi connectivity index (χ0n) is 9.52. The molecule has 88 valence electrons. The SMILES string of the molecule is CNc1ccc(C(=O)Nc2nc(C)cs2)nc1. The van der Waals surface area contributed by atoms with E-state index in [9.17, 15) is 4.79 Å². The Bertz CT molecular complexity index is 521. The molecule has 0 bridgehead atoms. The van der Waals surface area contributed by atoms with Crippen LogP contribution in [-0.2, 0) is 0 Å². The van der Waals surface area contributed by atoms with Crippen molar-refractivity contribution < 1.29 is 4.79 Å². The largest absolute Gasteiger partial charge is 0.387 e. The number of anilines is 2. The van der Waals surface area contributed by atoms with Gasteiger partial charge < -0.3 is 5.32 Å². The number of aryl methyl sites for hydroxylation is 1. The Balaban J connectivity index is 2.09. The van der Waals surface area contributed by atoms with Crippen LogP contribution in [0.25, 0.3) is 0 Å². The molecule has 5 nitrogen and oxygen atoms in total. The molecule has 2 N–H and O–H groups in total. The minimum absolute atomic E-state index is 0.248. The van der Waals surface area contributed by atoms with Crippen LogP contribution in [0.4, 0.5) is 10.8 Å². The summed E-state index contributed by atoms with van der Waals surface area (Å²) in [6.45, 7) is 1.88. The first-order valence-electron chi connectivity index (χ1n) is 5.06. The number of hydrogen-bond donors (Lipinski definition) is 2. The highest BCUT2D eigenvalue weighted by Crippen LogP contribution is 2.15. The molecule has 6 heteroatoms. The number of aromatic nitrogens is 2. The molecule has 0 aliphatic carbocycles. The third kappa shape index (κ3) is 2.79. The molecule has 1 amide bonds. The number of carbonyl (C=O) groups is 1. The van der Waals surface area contributed by atoms with Crippen LogP contribution >= 0.6 is 11.3 Å². The molecule has 0 radical (unpaired) electrons. The maximum absolute atomic E-state index is 11.8. The molecule has 0 saturated heterocycles. The molecule has 0 spiro atoms. The lowest BCUT2D eigenvalue weighted by Gasteiger charge is -2.02. The summed E-state index contributed by atoms with van der Waals surface area (Å²) < 4.78 is 0. The van der Waals surface area contributed by atoms with Crippen molar-refractivity contribution in [2.24, 2.45) is 0 Å². The molecule has 0 aliphatic rings. The third-order valence-corrected chi connectivity index (χ3v) is 3.00. The Hall–Kier alpha value is -1.95. The summed E-state index contributed by atoms with van der Waals surface area (Å²) in [5, 5.41) is 8.12. The van der Waals surface area contributed by atoms with E-state index in [1.165, 1.54) is 11.3 Å². The number of amides is 1. The van der Waals surface area contributed by atoms with Gasteiger partial charge in [0.05, 0.1) is 17.6 Å². The van der Waals surface area contributed by atoms with Crippen molar-refractivity contribution in [1.82, 2.24) is 9.97 Å². The lowest BCUT2D eigenvalue weighted by Crippen LogP contribution is -2.13. The standard InChI is InChI=1S/C11H12N4OS/c1-7-6-17-11(14-7)15-10(16)9-4-3-8(12-2)5-13-9/h3-6,12H,1-2H3,(H,14,15,16). The van der Waals surface area contributed by atoms with E-state index in [-0.39, 0.29) is 5.91 Å². The van der Waals surface area contributed by atoms with Gasteiger partial charge >= 0.3 is 0 Å². The van der Waals surface area contributed by atoms with Gasteiger partial charge in [-0.1, -0.05) is 0 Å². The minimum Gasteiger partial charge on any atom is -0.387 e. The van der Waals surface area contributed by atoms with Gasteiger partial charge in [-0.3, -0.25) is 10.1 Å². The van der Waals surface area contributed by atoms with E-state index in [0.717, 1.165) is 11.4 Å². The highest BCUT2D eigenvalue weighted by Gasteiger charge is 2.09. The summed E-state index contributed by atoms with van der Waals surface area (Å²) >= 11 is 1.40. The van der Waals surface area contributed by atoms with Crippen LogP contribution in [0.5, 0.6) is 0 Å². The van der Waals surface area contributed by atoms with Gasteiger partial charge in [-0.15, -0.1) is 11.3 Å². The summed E-state index contributed by atoms with van der Waals surface area (Å²) in [6, 6.07) is 3.47. The quantitative estimate of drug-likeness (QED) is 0.873. The minimum atomic E-state index is -0.248. The van der Waals surface area contributed by atoms with Gasteiger partial charge in [-0.05, 0) is 19.1 Å². The molecular weight excluding hydrogens is 236 g/mol. The summed E-state index contributed by atoms with van der Waals surface area (Å²) in [7, 11) is 1.80. The molecule has 2 aromatic rings. The highest BCUT2D eigenvalue weighted by atomic mass is 32.1. The molecule has 0 fully saturated rings. The second-order valence-corrected chi connectivity index (χ2v) is 4.29. The van der Waals surface area contributed by atoms with Crippen molar-refractivity contribution in [2.75, 3.05) is 17.7 Å². The summed E-state index contributed by atoms with van der Waals surface area (Å²) in [6.07, 6.45) is 1.61. The van der Waals surface area contributed by atoms with Crippen LogP contribution in [0, 0.1) is 6.92 Å². The first-order chi connectivity index (χ1) is 8.19. The van der Waals surface area contributed by atoms with Gasteiger partial charge in [0, 0.05) is 12.4 Å². The summed E-state index contributed by atoms with van der Waals surface area (Å²) in [4.78, 5) is 20.0. The molecule has 2 heterocycles. The zero-order chi connectivity index (χ0) is 12.3. The number of pyridine rings is 1. The van der Waals surface area contributed by atoms with E-state index < -0.39 is 0 Å². The van der Waals surface area contributed by atoms with Crippen molar-refractivity contribution in [2.45, 2.75) is 6.92 Å². The van der Waals surface area contributed by atoms with E-state index in [0.29, 0.717) is 10.8 Å². The van der Waals surface area contributed by atoms with E-state index >= 15 is 0 Å². The fourth-order valence-electron chi connectivity index (χ4n) is 1.25. The second-order valence-electron chi connectivity index (χ2n) is 3.43. The number of nitrogens with zero attached hydrogens (tertiary/aromatic N) is 2. The van der Waals surface area contributed by atoms with Crippen molar-refractivity contribution in [3.63, 3.8) is 0 Å². The van der Waals surface area contributed by atoms with Crippen LogP contribution in [0.15, 0.2) is 23.7 Å². The predicted molar refractivity (Wildman–Crippen MR) is 68.6 cm³/mol. The van der Waals surface area contributed by atoms with Crippen LogP contribution in [-0.4, -0.2) is 22.9 Å². The Labute approximate surface area is 103 Å². The monoisotopic (exact) mass is 248 g/mol. The van der Waals surface area contributed by atoms with Crippen molar-refractivity contribution in [3.8, 4) is 0 Å². The van der Waals surface area contributed by atoms with Gasteiger partial charge in [0.1, 0.15) is 5.69 Å². The van der Waals surface area contributed by atoms with Crippen LogP contribution in [0.2, 0.25) is 0 Å². The number of carbonyl (C=O) groups excluding carboxylic acids is 1. The Morgan fingerprint density at radius 2 is 2.24 bits per heavy atom. The smallest absolute Gasteiger partial charge is 0.276 e. The van der Waals surface area contributed by atoms with E-state index in [2.05, 4.69) is 20.6 Å². The average molecular weight is 248 g/mol. The normalized spacial score (nSPS) is 10.0. The zero-order valence-corrected chi connectivity index (χ0v) is 10.3. The number of rotatable bonds is 3. The summed E-state index contributed by atoms with van der Waals surface area (Å²) in [5.74, 6) is -0.248. The van der Waals surface area contributed by atoms with E-state index in [1.807, 2.05) is 12.3 Å². The molecular formula is C11H12N4OS. The Kier molecular flexibility index (Phi) is 3.34. The fraction of sp³-hybridized carbons (Fsp3) is 0.182. The maximum atomic E-state index is 11.8. The molecule has 0 unspecified atom stereocenters. The summed E-state index contributed by atoms with van der Waals surface area (Å²) in [5.41, 5.74) is 2.13. The van der Waals surface area contributed by atoms with Gasteiger partial charge in [0.15, 0.2) is 5.13 Å². The van der Waals surface area contributed by atoms with E-state index in [1.54, 1.807) is 25.4 Å². The number of hydrogen-bond acceptors (Lipinski definition) is 5. The Morgan fingerprint density at radius 3 is 2.76 bits per heavy atom. The van der Waals surface area contributed by atoms with Crippen molar-refractivity contribution in [3.05, 3.63) is 35.1 Å². The topological polar surface area (TPSA) is 66.9 Å². The molecule has 0 aromatic carbocycles. The molecule has 0 atom stereocenters. The second kappa shape index (κ2) is 4.92. The average Bonchev–Trinajstić information content (AvgIpc) is 2.75. The lowest BCUT2D eigenvalue weighted by molar-refractivity contribution is 0.102. The third-order valence-electron chi connectivity index (χ3n) is 2.12. The van der Waals surface area contributed by atoms with Gasteiger partial charge in [-0.2, -0.15) is 0 Å². The molecule has 2 aromatic heterocycles. The first-order valence-corrected chi connectivity index (χ1v) is 5.94. The molecule has 0 aliphatic heterocycles. The van der Waals surface area contributed by atoms with Crippen LogP contribution < -0.4 is 10.6 Å². The van der Waals surface area contributed by atoms with Gasteiger partial charge in [0.25, 0.3) is 5.91 Å².